The van der Waals surface area contributed by atoms with Gasteiger partial charge >= 0.3 is 0 Å². The molecule has 0 unspecified atom stereocenters. The highest BCUT2D eigenvalue weighted by atomic mass is 16.5. The molecule has 0 aromatic carbocycles. The molecule has 0 bridgehead atoms. The molecule has 2 atom stereocenters. The standard InChI is InChI=1S/C17H21N3O4/c21-16-11-24-15-10-19(17(22)13-3-1-2-6-18-13)9-14(15)20(16)12-4-7-23-8-5-12/h1-3,6,12,14-15H,4-5,7-11H2/t14-,15-/m0/s1. The topological polar surface area (TPSA) is 72.0 Å². The molecule has 4 rings (SSSR count). The van der Waals surface area contributed by atoms with Gasteiger partial charge in [0.05, 0.1) is 12.1 Å². The van der Waals surface area contributed by atoms with E-state index in [-0.39, 0.29) is 36.6 Å². The zero-order valence-electron chi connectivity index (χ0n) is 13.5. The van der Waals surface area contributed by atoms with Crippen LogP contribution in [-0.2, 0) is 14.3 Å². The summed E-state index contributed by atoms with van der Waals surface area (Å²) in [5.74, 6) is -0.0803. The van der Waals surface area contributed by atoms with Crippen LogP contribution in [0.15, 0.2) is 24.4 Å². The third-order valence-corrected chi connectivity index (χ3v) is 5.06. The zero-order chi connectivity index (χ0) is 16.5. The highest BCUT2D eigenvalue weighted by molar-refractivity contribution is 5.92. The van der Waals surface area contributed by atoms with Crippen molar-refractivity contribution in [3.63, 3.8) is 0 Å². The number of ether oxygens (including phenoxy) is 2. The fourth-order valence-electron chi connectivity index (χ4n) is 3.88. The Labute approximate surface area is 140 Å². The number of pyridine rings is 1. The zero-order valence-corrected chi connectivity index (χ0v) is 13.5. The second-order valence-electron chi connectivity index (χ2n) is 6.49. The van der Waals surface area contributed by atoms with E-state index in [9.17, 15) is 9.59 Å². The summed E-state index contributed by atoms with van der Waals surface area (Å²) in [5, 5.41) is 0. The predicted molar refractivity (Wildman–Crippen MR) is 84.4 cm³/mol. The number of rotatable bonds is 2. The number of carbonyl (C=O) groups is 2. The molecule has 128 valence electrons. The van der Waals surface area contributed by atoms with Crippen LogP contribution < -0.4 is 0 Å². The monoisotopic (exact) mass is 331 g/mol. The van der Waals surface area contributed by atoms with Gasteiger partial charge in [-0.3, -0.25) is 14.6 Å². The van der Waals surface area contributed by atoms with Gasteiger partial charge < -0.3 is 19.3 Å². The van der Waals surface area contributed by atoms with E-state index in [1.165, 1.54) is 0 Å². The van der Waals surface area contributed by atoms with Crippen LogP contribution in [0.4, 0.5) is 0 Å². The largest absolute Gasteiger partial charge is 0.381 e. The molecule has 1 aromatic rings. The van der Waals surface area contributed by atoms with E-state index in [2.05, 4.69) is 4.98 Å². The van der Waals surface area contributed by atoms with E-state index in [1.807, 2.05) is 4.90 Å². The highest BCUT2D eigenvalue weighted by Gasteiger charge is 2.47. The first-order chi connectivity index (χ1) is 11.7. The first-order valence-electron chi connectivity index (χ1n) is 8.45. The summed E-state index contributed by atoms with van der Waals surface area (Å²) >= 11 is 0. The first kappa shape index (κ1) is 15.5. The number of hydrogen-bond acceptors (Lipinski definition) is 5. The molecule has 0 N–H and O–H groups in total. The molecule has 3 aliphatic rings. The van der Waals surface area contributed by atoms with E-state index in [0.29, 0.717) is 32.0 Å². The highest BCUT2D eigenvalue weighted by Crippen LogP contribution is 2.29. The Morgan fingerprint density at radius 3 is 2.79 bits per heavy atom. The quantitative estimate of drug-likeness (QED) is 0.780. The molecule has 1 aromatic heterocycles. The molecule has 0 spiro atoms. The minimum Gasteiger partial charge on any atom is -0.381 e. The fraction of sp³-hybridized carbons (Fsp3) is 0.588. The summed E-state index contributed by atoms with van der Waals surface area (Å²) < 4.78 is 11.1. The molecule has 0 aliphatic carbocycles. The van der Waals surface area contributed by atoms with Crippen LogP contribution in [-0.4, -0.2) is 77.7 Å². The molecule has 7 heteroatoms. The molecule has 3 aliphatic heterocycles. The normalized spacial score (nSPS) is 28.1. The Bertz CT molecular complexity index is 618. The van der Waals surface area contributed by atoms with Crippen molar-refractivity contribution < 1.29 is 19.1 Å². The van der Waals surface area contributed by atoms with Crippen LogP contribution in [0.1, 0.15) is 23.3 Å². The molecule has 7 nitrogen and oxygen atoms in total. The summed E-state index contributed by atoms with van der Waals surface area (Å²) in [5.41, 5.74) is 0.431. The average Bonchev–Trinajstić information content (AvgIpc) is 3.06. The molecule has 3 fully saturated rings. The van der Waals surface area contributed by atoms with Crippen molar-refractivity contribution in [2.45, 2.75) is 31.0 Å². The smallest absolute Gasteiger partial charge is 0.272 e. The molecule has 0 radical (unpaired) electrons. The Kier molecular flexibility index (Phi) is 4.20. The second kappa shape index (κ2) is 6.49. The summed E-state index contributed by atoms with van der Waals surface area (Å²) in [6.07, 6.45) is 3.20. The number of amides is 2. The number of likely N-dealkylation sites (tertiary alicyclic amines) is 1. The van der Waals surface area contributed by atoms with Crippen molar-refractivity contribution in [3.8, 4) is 0 Å². The number of carbonyl (C=O) groups excluding carboxylic acids is 2. The SMILES string of the molecule is O=C(c1ccccn1)N1C[C@@H]2OCC(=O)N(C3CCOCC3)[C@H]2C1. The summed E-state index contributed by atoms with van der Waals surface area (Å²) in [6.45, 7) is 2.48. The lowest BCUT2D eigenvalue weighted by atomic mass is 10.0. The van der Waals surface area contributed by atoms with Gasteiger partial charge in [-0.15, -0.1) is 0 Å². The first-order valence-corrected chi connectivity index (χ1v) is 8.45. The van der Waals surface area contributed by atoms with Crippen LogP contribution in [0.2, 0.25) is 0 Å². The Morgan fingerprint density at radius 1 is 1.21 bits per heavy atom. The summed E-state index contributed by atoms with van der Waals surface area (Å²) in [7, 11) is 0. The molecular formula is C17H21N3O4. The molecule has 4 heterocycles. The van der Waals surface area contributed by atoms with Gasteiger partial charge in [0.25, 0.3) is 5.91 Å². The number of hydrogen-bond donors (Lipinski definition) is 0. The lowest BCUT2D eigenvalue weighted by Gasteiger charge is -2.43. The van der Waals surface area contributed by atoms with Gasteiger partial charge in [0.2, 0.25) is 5.91 Å². The van der Waals surface area contributed by atoms with Gasteiger partial charge in [-0.2, -0.15) is 0 Å². The van der Waals surface area contributed by atoms with Gasteiger partial charge in [0, 0.05) is 38.5 Å². The average molecular weight is 331 g/mol. The number of nitrogens with zero attached hydrogens (tertiary/aromatic N) is 3. The van der Waals surface area contributed by atoms with Gasteiger partial charge in [-0.05, 0) is 25.0 Å². The lowest BCUT2D eigenvalue weighted by molar-refractivity contribution is -0.159. The Hall–Kier alpha value is -1.99. The van der Waals surface area contributed by atoms with Crippen LogP contribution >= 0.6 is 0 Å². The van der Waals surface area contributed by atoms with Gasteiger partial charge in [-0.25, -0.2) is 0 Å². The maximum absolute atomic E-state index is 12.6. The number of aromatic nitrogens is 1. The summed E-state index contributed by atoms with van der Waals surface area (Å²) in [4.78, 5) is 32.9. The van der Waals surface area contributed by atoms with Crippen molar-refractivity contribution in [2.24, 2.45) is 0 Å². The van der Waals surface area contributed by atoms with Gasteiger partial charge in [-0.1, -0.05) is 6.07 Å². The maximum Gasteiger partial charge on any atom is 0.272 e. The molecule has 24 heavy (non-hydrogen) atoms. The summed E-state index contributed by atoms with van der Waals surface area (Å²) in [6, 6.07) is 5.42. The fourth-order valence-corrected chi connectivity index (χ4v) is 3.88. The second-order valence-corrected chi connectivity index (χ2v) is 6.49. The third kappa shape index (κ3) is 2.78. The van der Waals surface area contributed by atoms with Crippen LogP contribution in [0.5, 0.6) is 0 Å². The van der Waals surface area contributed by atoms with Crippen molar-refractivity contribution >= 4 is 11.8 Å². The van der Waals surface area contributed by atoms with Crippen molar-refractivity contribution in [3.05, 3.63) is 30.1 Å². The van der Waals surface area contributed by atoms with Crippen LogP contribution in [0, 0.1) is 0 Å². The van der Waals surface area contributed by atoms with Crippen molar-refractivity contribution in [1.82, 2.24) is 14.8 Å². The predicted octanol–water partition coefficient (Wildman–Crippen LogP) is 0.312. The Morgan fingerprint density at radius 2 is 2.04 bits per heavy atom. The Balaban J connectivity index is 1.51. The van der Waals surface area contributed by atoms with E-state index in [0.717, 1.165) is 12.8 Å². The molecule has 2 amide bonds. The van der Waals surface area contributed by atoms with Gasteiger partial charge in [0.15, 0.2) is 0 Å². The van der Waals surface area contributed by atoms with Crippen LogP contribution in [0.3, 0.4) is 0 Å². The minimum absolute atomic E-state index is 0.0234. The van der Waals surface area contributed by atoms with Crippen LogP contribution in [0.25, 0.3) is 0 Å². The third-order valence-electron chi connectivity index (χ3n) is 5.06. The van der Waals surface area contributed by atoms with Crippen molar-refractivity contribution in [2.75, 3.05) is 32.9 Å². The molecular weight excluding hydrogens is 310 g/mol. The lowest BCUT2D eigenvalue weighted by Crippen LogP contribution is -2.58. The molecule has 0 saturated carbocycles. The van der Waals surface area contributed by atoms with E-state index in [1.54, 1.807) is 29.3 Å². The van der Waals surface area contributed by atoms with E-state index < -0.39 is 0 Å². The minimum atomic E-state index is -0.113. The van der Waals surface area contributed by atoms with E-state index in [4.69, 9.17) is 9.47 Å². The number of morpholine rings is 1. The number of fused-ring (bicyclic) bond motifs is 1. The van der Waals surface area contributed by atoms with Crippen molar-refractivity contribution in [1.29, 1.82) is 0 Å². The van der Waals surface area contributed by atoms with E-state index >= 15 is 0 Å². The maximum atomic E-state index is 12.6. The molecule has 3 saturated heterocycles. The van der Waals surface area contributed by atoms with Gasteiger partial charge in [0.1, 0.15) is 12.3 Å².